The topological polar surface area (TPSA) is 131 Å². The third-order valence-electron chi connectivity index (χ3n) is 5.28. The molecule has 1 fully saturated rings. The molecule has 2 aromatic rings. The van der Waals surface area contributed by atoms with E-state index in [1.165, 1.54) is 6.20 Å². The molecule has 1 aliphatic heterocycles. The number of aliphatic imine (C=N–C) groups is 1. The number of hydrogen-bond donors (Lipinski definition) is 3. The standard InChI is InChI=1S/C23H32N6O4/c1-2-10-32-13-9-25-22-20(4-3-19(29-22)18-14-26-23(31)27-15-18)28-21(16-30)24-8-5-17-6-11-33-12-7-17/h3-4,14-17H,2,5-13H2,1H3,(H,24,28)(H,25,29)(H,26,27,31). The molecule has 0 amide bonds. The van der Waals surface area contributed by atoms with Gasteiger partial charge in [0, 0.05) is 50.9 Å². The number of nitrogens with zero attached hydrogens (tertiary/aromatic N) is 3. The van der Waals surface area contributed by atoms with Crippen molar-refractivity contribution in [1.29, 1.82) is 0 Å². The number of carbonyl (C=O) groups is 1. The van der Waals surface area contributed by atoms with Gasteiger partial charge in [-0.2, -0.15) is 0 Å². The van der Waals surface area contributed by atoms with Crippen LogP contribution < -0.4 is 16.3 Å². The monoisotopic (exact) mass is 456 g/mol. The summed E-state index contributed by atoms with van der Waals surface area (Å²) in [6.07, 6.45) is 7.76. The van der Waals surface area contributed by atoms with Crippen LogP contribution >= 0.6 is 0 Å². The minimum absolute atomic E-state index is 0.257. The van der Waals surface area contributed by atoms with Crippen molar-refractivity contribution in [3.05, 3.63) is 35.0 Å². The lowest BCUT2D eigenvalue weighted by molar-refractivity contribution is -0.102. The van der Waals surface area contributed by atoms with E-state index >= 15 is 0 Å². The Bertz CT molecular complexity index is 951. The zero-order chi connectivity index (χ0) is 23.3. The van der Waals surface area contributed by atoms with Gasteiger partial charge >= 0.3 is 5.69 Å². The molecule has 2 aromatic heterocycles. The lowest BCUT2D eigenvalue weighted by Gasteiger charge is -2.21. The molecule has 0 atom stereocenters. The van der Waals surface area contributed by atoms with Gasteiger partial charge in [-0.25, -0.2) is 19.8 Å². The quantitative estimate of drug-likeness (QED) is 0.192. The molecule has 1 saturated heterocycles. The summed E-state index contributed by atoms with van der Waals surface area (Å²) in [5.41, 5.74) is 1.40. The number of aromatic nitrogens is 3. The van der Waals surface area contributed by atoms with Gasteiger partial charge in [-0.1, -0.05) is 6.92 Å². The molecule has 0 aromatic carbocycles. The van der Waals surface area contributed by atoms with Crippen LogP contribution in [-0.2, 0) is 14.3 Å². The van der Waals surface area contributed by atoms with Crippen LogP contribution in [0.5, 0.6) is 0 Å². The number of hydrogen-bond acceptors (Lipinski definition) is 8. The SMILES string of the molecule is CCCOCCNc1nc(-c2cnc(=O)[nH]c2)ccc1/N=C(\C=O)NCCC1CCOCC1. The van der Waals surface area contributed by atoms with Crippen LogP contribution in [0.2, 0.25) is 0 Å². The van der Waals surface area contributed by atoms with Gasteiger partial charge in [0.2, 0.25) is 0 Å². The molecule has 0 aliphatic carbocycles. The molecular formula is C23H32N6O4. The normalized spacial score (nSPS) is 14.8. The highest BCUT2D eigenvalue weighted by Gasteiger charge is 2.14. The first-order chi connectivity index (χ1) is 16.2. The zero-order valence-electron chi connectivity index (χ0n) is 19.0. The summed E-state index contributed by atoms with van der Waals surface area (Å²) in [6, 6.07) is 3.56. The van der Waals surface area contributed by atoms with Gasteiger partial charge < -0.3 is 25.1 Å². The third kappa shape index (κ3) is 8.07. The molecule has 0 saturated carbocycles. The second kappa shape index (κ2) is 13.4. The Labute approximate surface area is 193 Å². The minimum atomic E-state index is -0.422. The molecule has 10 nitrogen and oxygen atoms in total. The van der Waals surface area contributed by atoms with Crippen molar-refractivity contribution in [2.24, 2.45) is 10.9 Å². The van der Waals surface area contributed by atoms with E-state index in [1.807, 2.05) is 0 Å². The van der Waals surface area contributed by atoms with Crippen molar-refractivity contribution in [3.63, 3.8) is 0 Å². The average Bonchev–Trinajstić information content (AvgIpc) is 2.85. The fourth-order valence-electron chi connectivity index (χ4n) is 3.48. The highest BCUT2D eigenvalue weighted by molar-refractivity contribution is 6.27. The van der Waals surface area contributed by atoms with E-state index in [-0.39, 0.29) is 5.84 Å². The van der Waals surface area contributed by atoms with Crippen LogP contribution in [-0.4, -0.2) is 66.6 Å². The highest BCUT2D eigenvalue weighted by atomic mass is 16.5. The number of ether oxygens (including phenoxy) is 2. The smallest absolute Gasteiger partial charge is 0.344 e. The number of aldehydes is 1. The molecule has 0 radical (unpaired) electrons. The van der Waals surface area contributed by atoms with E-state index in [9.17, 15) is 9.59 Å². The van der Waals surface area contributed by atoms with E-state index in [2.05, 4.69) is 37.5 Å². The summed E-state index contributed by atoms with van der Waals surface area (Å²) < 4.78 is 10.9. The molecule has 0 unspecified atom stereocenters. The number of rotatable bonds is 12. The number of amidine groups is 1. The number of anilines is 1. The van der Waals surface area contributed by atoms with Crippen LogP contribution in [0.3, 0.4) is 0 Å². The summed E-state index contributed by atoms with van der Waals surface area (Å²) in [4.78, 5) is 38.3. The molecule has 178 valence electrons. The maximum atomic E-state index is 11.6. The van der Waals surface area contributed by atoms with E-state index in [0.717, 1.165) is 45.2 Å². The van der Waals surface area contributed by atoms with Crippen LogP contribution in [0.1, 0.15) is 32.6 Å². The van der Waals surface area contributed by atoms with Gasteiger partial charge in [0.05, 0.1) is 12.3 Å². The van der Waals surface area contributed by atoms with E-state index in [0.29, 0.717) is 55.0 Å². The van der Waals surface area contributed by atoms with Crippen LogP contribution in [0.15, 0.2) is 34.3 Å². The third-order valence-corrected chi connectivity index (χ3v) is 5.28. The Morgan fingerprint density at radius 3 is 2.88 bits per heavy atom. The van der Waals surface area contributed by atoms with E-state index < -0.39 is 5.69 Å². The first-order valence-electron chi connectivity index (χ1n) is 11.4. The molecular weight excluding hydrogens is 424 g/mol. The van der Waals surface area contributed by atoms with E-state index in [1.54, 1.807) is 18.3 Å². The number of aromatic amines is 1. The Kier molecular flexibility index (Phi) is 9.99. The van der Waals surface area contributed by atoms with Gasteiger partial charge in [-0.15, -0.1) is 0 Å². The molecule has 3 heterocycles. The molecule has 10 heteroatoms. The van der Waals surface area contributed by atoms with Crippen molar-refractivity contribution in [2.45, 2.75) is 32.6 Å². The second-order valence-corrected chi connectivity index (χ2v) is 7.80. The van der Waals surface area contributed by atoms with Crippen LogP contribution in [0, 0.1) is 5.92 Å². The largest absolute Gasteiger partial charge is 0.381 e. The lowest BCUT2D eigenvalue weighted by Crippen LogP contribution is -2.28. The van der Waals surface area contributed by atoms with Gasteiger partial charge in [0.1, 0.15) is 5.69 Å². The first kappa shape index (κ1) is 24.5. The first-order valence-corrected chi connectivity index (χ1v) is 11.4. The van der Waals surface area contributed by atoms with Gasteiger partial charge in [0.25, 0.3) is 0 Å². The predicted molar refractivity (Wildman–Crippen MR) is 127 cm³/mol. The zero-order valence-corrected chi connectivity index (χ0v) is 19.0. The Balaban J connectivity index is 1.72. The minimum Gasteiger partial charge on any atom is -0.381 e. The van der Waals surface area contributed by atoms with Gasteiger partial charge in [0.15, 0.2) is 17.9 Å². The predicted octanol–water partition coefficient (Wildman–Crippen LogP) is 2.31. The molecule has 3 rings (SSSR count). The van der Waals surface area contributed by atoms with Gasteiger partial charge in [-0.05, 0) is 43.7 Å². The number of pyridine rings is 1. The summed E-state index contributed by atoms with van der Waals surface area (Å²) in [7, 11) is 0. The molecule has 0 bridgehead atoms. The second-order valence-electron chi connectivity index (χ2n) is 7.80. The van der Waals surface area contributed by atoms with Crippen molar-refractivity contribution < 1.29 is 14.3 Å². The van der Waals surface area contributed by atoms with Gasteiger partial charge in [-0.3, -0.25) is 4.79 Å². The van der Waals surface area contributed by atoms with Crippen molar-refractivity contribution in [2.75, 3.05) is 44.8 Å². The van der Waals surface area contributed by atoms with Crippen molar-refractivity contribution in [3.8, 4) is 11.3 Å². The summed E-state index contributed by atoms with van der Waals surface area (Å²) in [6.45, 7) is 6.08. The number of carbonyl (C=O) groups excluding carboxylic acids is 1. The number of nitrogens with one attached hydrogen (secondary N) is 3. The Morgan fingerprint density at radius 2 is 2.15 bits per heavy atom. The van der Waals surface area contributed by atoms with E-state index in [4.69, 9.17) is 9.47 Å². The fourth-order valence-corrected chi connectivity index (χ4v) is 3.48. The fraction of sp³-hybridized carbons (Fsp3) is 0.522. The lowest BCUT2D eigenvalue weighted by atomic mass is 9.97. The molecule has 33 heavy (non-hydrogen) atoms. The molecule has 3 N–H and O–H groups in total. The van der Waals surface area contributed by atoms with Crippen LogP contribution in [0.25, 0.3) is 11.3 Å². The van der Waals surface area contributed by atoms with Crippen LogP contribution in [0.4, 0.5) is 11.5 Å². The Hall–Kier alpha value is -3.11. The average molecular weight is 457 g/mol. The molecule has 0 spiro atoms. The maximum Gasteiger partial charge on any atom is 0.344 e. The molecule has 1 aliphatic rings. The summed E-state index contributed by atoms with van der Waals surface area (Å²) >= 11 is 0. The Morgan fingerprint density at radius 1 is 1.30 bits per heavy atom. The van der Waals surface area contributed by atoms with Crippen molar-refractivity contribution >= 4 is 23.6 Å². The van der Waals surface area contributed by atoms with Crippen molar-refractivity contribution in [1.82, 2.24) is 20.3 Å². The maximum absolute atomic E-state index is 11.6. The summed E-state index contributed by atoms with van der Waals surface area (Å²) in [5, 5.41) is 6.38. The summed E-state index contributed by atoms with van der Waals surface area (Å²) in [5.74, 6) is 1.38. The number of H-pyrrole nitrogens is 1. The highest BCUT2D eigenvalue weighted by Crippen LogP contribution is 2.27.